The maximum atomic E-state index is 12.5. The van der Waals surface area contributed by atoms with Gasteiger partial charge in [-0.05, 0) is 41.1 Å². The van der Waals surface area contributed by atoms with Gasteiger partial charge in [0.2, 0.25) is 5.91 Å². The number of halogens is 2. The van der Waals surface area contributed by atoms with E-state index in [1.165, 1.54) is 4.68 Å². The van der Waals surface area contributed by atoms with Crippen LogP contribution in [0.4, 0.5) is 5.82 Å². The number of nitrogens with one attached hydrogen (secondary N) is 1. The van der Waals surface area contributed by atoms with E-state index in [1.807, 2.05) is 0 Å². The van der Waals surface area contributed by atoms with Crippen molar-refractivity contribution >= 4 is 51.8 Å². The number of aromatic nitrogens is 2. The largest absolute Gasteiger partial charge is 0.309 e. The highest BCUT2D eigenvalue weighted by molar-refractivity contribution is 14.1. The first-order valence-electron chi connectivity index (χ1n) is 5.85. The number of nitrogens with zero attached hydrogens (tertiary/aromatic N) is 2. The maximum absolute atomic E-state index is 12.5. The van der Waals surface area contributed by atoms with Crippen LogP contribution in [-0.4, -0.2) is 21.6 Å². The SMILES string of the molecule is Cc1nn2c(c1I)NC(=O)C(c1ccccc1Cl)C2=O. The van der Waals surface area contributed by atoms with Gasteiger partial charge < -0.3 is 5.32 Å². The number of carbonyl (C=O) groups excluding carboxylic acids is 2. The Hall–Kier alpha value is -1.41. The van der Waals surface area contributed by atoms with Crippen LogP contribution in [0.3, 0.4) is 0 Å². The third-order valence-corrected chi connectivity index (χ3v) is 4.80. The van der Waals surface area contributed by atoms with Crippen LogP contribution in [0.5, 0.6) is 0 Å². The van der Waals surface area contributed by atoms with E-state index < -0.39 is 5.92 Å². The van der Waals surface area contributed by atoms with Gasteiger partial charge in [0.15, 0.2) is 5.82 Å². The number of hydrogen-bond donors (Lipinski definition) is 1. The molecule has 102 valence electrons. The summed E-state index contributed by atoms with van der Waals surface area (Å²) in [5.74, 6) is -1.30. The van der Waals surface area contributed by atoms with Gasteiger partial charge >= 0.3 is 0 Å². The summed E-state index contributed by atoms with van der Waals surface area (Å²) in [5.41, 5.74) is 1.19. The smallest absolute Gasteiger partial charge is 0.265 e. The molecule has 0 spiro atoms. The molecule has 1 N–H and O–H groups in total. The van der Waals surface area contributed by atoms with Gasteiger partial charge in [-0.25, -0.2) is 0 Å². The number of amides is 1. The third kappa shape index (κ3) is 1.94. The second-order valence-electron chi connectivity index (χ2n) is 4.44. The van der Waals surface area contributed by atoms with Crippen molar-refractivity contribution < 1.29 is 9.59 Å². The van der Waals surface area contributed by atoms with Crippen molar-refractivity contribution in [1.82, 2.24) is 9.78 Å². The van der Waals surface area contributed by atoms with Crippen LogP contribution in [0.15, 0.2) is 24.3 Å². The first-order chi connectivity index (χ1) is 9.50. The number of hydrogen-bond acceptors (Lipinski definition) is 3. The zero-order valence-electron chi connectivity index (χ0n) is 10.4. The van der Waals surface area contributed by atoms with Crippen molar-refractivity contribution in [1.29, 1.82) is 0 Å². The molecule has 0 saturated carbocycles. The molecule has 20 heavy (non-hydrogen) atoms. The molecule has 3 rings (SSSR count). The summed E-state index contributed by atoms with van der Waals surface area (Å²) in [7, 11) is 0. The van der Waals surface area contributed by atoms with E-state index in [2.05, 4.69) is 33.0 Å². The van der Waals surface area contributed by atoms with Crippen molar-refractivity contribution in [2.24, 2.45) is 0 Å². The standard InChI is InChI=1S/C13H9ClIN3O2/c1-6-10(15)11-16-12(19)9(13(20)18(11)17-6)7-4-2-3-5-8(7)14/h2-5,9H,1H3,(H,16,19). The fraction of sp³-hybridized carbons (Fsp3) is 0.154. The molecule has 1 atom stereocenters. The Labute approximate surface area is 133 Å². The van der Waals surface area contributed by atoms with Gasteiger partial charge in [0.05, 0.1) is 9.26 Å². The van der Waals surface area contributed by atoms with E-state index >= 15 is 0 Å². The molecule has 0 bridgehead atoms. The molecule has 1 aromatic heterocycles. The van der Waals surface area contributed by atoms with Gasteiger partial charge in [-0.15, -0.1) is 0 Å². The lowest BCUT2D eigenvalue weighted by Crippen LogP contribution is -2.38. The summed E-state index contributed by atoms with van der Waals surface area (Å²) in [4.78, 5) is 24.8. The molecule has 0 aliphatic carbocycles. The summed E-state index contributed by atoms with van der Waals surface area (Å²) in [5, 5.41) is 7.29. The Balaban J connectivity index is 2.14. The lowest BCUT2D eigenvalue weighted by atomic mass is 9.96. The second-order valence-corrected chi connectivity index (χ2v) is 5.93. The minimum absolute atomic E-state index is 0.381. The molecular formula is C13H9ClIN3O2. The molecule has 0 fully saturated rings. The molecule has 1 aliphatic rings. The van der Waals surface area contributed by atoms with Crippen LogP contribution < -0.4 is 5.32 Å². The van der Waals surface area contributed by atoms with Crippen molar-refractivity contribution in [3.8, 4) is 0 Å². The minimum atomic E-state index is -0.966. The van der Waals surface area contributed by atoms with Crippen LogP contribution in [0.25, 0.3) is 0 Å². The Morgan fingerprint density at radius 1 is 1.35 bits per heavy atom. The minimum Gasteiger partial charge on any atom is -0.309 e. The van der Waals surface area contributed by atoms with E-state index in [4.69, 9.17) is 11.6 Å². The molecule has 2 heterocycles. The van der Waals surface area contributed by atoms with E-state index in [1.54, 1.807) is 31.2 Å². The predicted octanol–water partition coefficient (Wildman–Crippen LogP) is 2.83. The predicted molar refractivity (Wildman–Crippen MR) is 83.1 cm³/mol. The first kappa shape index (κ1) is 13.6. The molecule has 2 aromatic rings. The zero-order valence-corrected chi connectivity index (χ0v) is 13.3. The summed E-state index contributed by atoms with van der Waals surface area (Å²) in [6.45, 7) is 1.79. The van der Waals surface area contributed by atoms with Crippen molar-refractivity contribution in [2.45, 2.75) is 12.8 Å². The lowest BCUT2D eigenvalue weighted by Gasteiger charge is -2.22. The average molecular weight is 402 g/mol. The van der Waals surface area contributed by atoms with Crippen LogP contribution in [0.2, 0.25) is 5.02 Å². The van der Waals surface area contributed by atoms with Crippen molar-refractivity contribution in [2.75, 3.05) is 5.32 Å². The molecule has 1 amide bonds. The zero-order chi connectivity index (χ0) is 14.4. The molecule has 1 aromatic carbocycles. The molecule has 5 nitrogen and oxygen atoms in total. The highest BCUT2D eigenvalue weighted by Crippen LogP contribution is 2.33. The topological polar surface area (TPSA) is 64.0 Å². The lowest BCUT2D eigenvalue weighted by molar-refractivity contribution is -0.117. The van der Waals surface area contributed by atoms with Gasteiger partial charge in [0.1, 0.15) is 5.92 Å². The number of fused-ring (bicyclic) bond motifs is 1. The second kappa shape index (κ2) is 4.85. The monoisotopic (exact) mass is 401 g/mol. The number of aryl methyl sites for hydroxylation is 1. The quantitative estimate of drug-likeness (QED) is 0.590. The number of rotatable bonds is 1. The fourth-order valence-electron chi connectivity index (χ4n) is 2.18. The number of carbonyl (C=O) groups is 2. The molecule has 1 unspecified atom stereocenters. The first-order valence-corrected chi connectivity index (χ1v) is 7.31. The Bertz CT molecular complexity index is 741. The highest BCUT2D eigenvalue weighted by atomic mass is 127. The summed E-state index contributed by atoms with van der Waals surface area (Å²) >= 11 is 8.14. The van der Waals surface area contributed by atoms with Crippen molar-refractivity contribution in [3.05, 3.63) is 44.1 Å². The number of benzene rings is 1. The van der Waals surface area contributed by atoms with Gasteiger partial charge in [-0.3, -0.25) is 9.59 Å². The Morgan fingerprint density at radius 2 is 2.05 bits per heavy atom. The van der Waals surface area contributed by atoms with E-state index in [0.29, 0.717) is 22.1 Å². The van der Waals surface area contributed by atoms with Gasteiger partial charge in [0.25, 0.3) is 5.91 Å². The Kier molecular flexibility index (Phi) is 3.29. The molecule has 7 heteroatoms. The normalized spacial score (nSPS) is 17.9. The summed E-state index contributed by atoms with van der Waals surface area (Å²) in [6, 6.07) is 6.83. The average Bonchev–Trinajstić information content (AvgIpc) is 2.69. The van der Waals surface area contributed by atoms with Crippen molar-refractivity contribution in [3.63, 3.8) is 0 Å². The van der Waals surface area contributed by atoms with Crippen LogP contribution in [0, 0.1) is 10.5 Å². The van der Waals surface area contributed by atoms with Gasteiger partial charge in [-0.1, -0.05) is 29.8 Å². The number of anilines is 1. The summed E-state index contributed by atoms with van der Waals surface area (Å²) < 4.78 is 2.01. The van der Waals surface area contributed by atoms with E-state index in [9.17, 15) is 9.59 Å². The van der Waals surface area contributed by atoms with Crippen LogP contribution >= 0.6 is 34.2 Å². The van der Waals surface area contributed by atoms with Gasteiger partial charge in [-0.2, -0.15) is 9.78 Å². The highest BCUT2D eigenvalue weighted by Gasteiger charge is 2.38. The molecular weight excluding hydrogens is 393 g/mol. The Morgan fingerprint density at radius 3 is 2.75 bits per heavy atom. The molecule has 0 radical (unpaired) electrons. The van der Waals surface area contributed by atoms with E-state index in [-0.39, 0.29) is 11.8 Å². The van der Waals surface area contributed by atoms with Gasteiger partial charge in [0, 0.05) is 5.02 Å². The fourth-order valence-corrected chi connectivity index (χ4v) is 2.90. The molecule has 0 saturated heterocycles. The molecule has 1 aliphatic heterocycles. The summed E-state index contributed by atoms with van der Waals surface area (Å²) in [6.07, 6.45) is 0. The van der Waals surface area contributed by atoms with Crippen LogP contribution in [0.1, 0.15) is 22.0 Å². The third-order valence-electron chi connectivity index (χ3n) is 3.16. The van der Waals surface area contributed by atoms with E-state index in [0.717, 1.165) is 3.57 Å². The maximum Gasteiger partial charge on any atom is 0.265 e. The van der Waals surface area contributed by atoms with Crippen LogP contribution in [-0.2, 0) is 4.79 Å².